The zero-order chi connectivity index (χ0) is 23.1. The third-order valence-corrected chi connectivity index (χ3v) is 7.31. The van der Waals surface area contributed by atoms with Crippen LogP contribution in [0, 0.1) is 11.8 Å². The van der Waals surface area contributed by atoms with Crippen molar-refractivity contribution < 1.29 is 19.4 Å². The van der Waals surface area contributed by atoms with Gasteiger partial charge in [-0.15, -0.1) is 0 Å². The van der Waals surface area contributed by atoms with Crippen molar-refractivity contribution in [2.75, 3.05) is 6.61 Å². The molecule has 5 rings (SSSR count). The average molecular weight is 446 g/mol. The first kappa shape index (κ1) is 21.7. The van der Waals surface area contributed by atoms with Gasteiger partial charge in [-0.3, -0.25) is 4.90 Å². The lowest BCUT2D eigenvalue weighted by molar-refractivity contribution is -0.145. The van der Waals surface area contributed by atoms with Crippen molar-refractivity contribution in [1.82, 2.24) is 4.90 Å². The van der Waals surface area contributed by atoms with E-state index in [0.29, 0.717) is 12.3 Å². The van der Waals surface area contributed by atoms with E-state index in [1.165, 1.54) is 16.7 Å². The van der Waals surface area contributed by atoms with E-state index >= 15 is 0 Å². The lowest BCUT2D eigenvalue weighted by atomic mass is 9.79. The molecule has 3 aliphatic rings. The summed E-state index contributed by atoms with van der Waals surface area (Å²) in [5, 5.41) is 10.2. The molecule has 1 amide bonds. The van der Waals surface area contributed by atoms with Crippen molar-refractivity contribution in [3.63, 3.8) is 0 Å². The number of carbonyl (C=O) groups is 2. The first-order valence-electron chi connectivity index (χ1n) is 12.0. The summed E-state index contributed by atoms with van der Waals surface area (Å²) in [5.41, 5.74) is 5.86. The molecule has 3 aliphatic carbocycles. The van der Waals surface area contributed by atoms with Crippen LogP contribution in [0.2, 0.25) is 0 Å². The molecule has 0 aliphatic heterocycles. The first-order chi connectivity index (χ1) is 15.9. The van der Waals surface area contributed by atoms with Crippen LogP contribution in [0.1, 0.15) is 56.6 Å². The van der Waals surface area contributed by atoms with Gasteiger partial charge in [-0.1, -0.05) is 67.1 Å². The highest BCUT2D eigenvalue weighted by Crippen LogP contribution is 2.45. The van der Waals surface area contributed by atoms with E-state index in [9.17, 15) is 14.7 Å². The van der Waals surface area contributed by atoms with Crippen LogP contribution in [-0.2, 0) is 9.53 Å². The molecule has 0 spiro atoms. The maximum atomic E-state index is 13.4. The van der Waals surface area contributed by atoms with Crippen LogP contribution in [0.4, 0.5) is 4.79 Å². The van der Waals surface area contributed by atoms with Gasteiger partial charge in [-0.05, 0) is 66.7 Å². The van der Waals surface area contributed by atoms with Crippen molar-refractivity contribution in [3.05, 3.63) is 71.3 Å². The number of benzene rings is 2. The number of fused-ring (bicyclic) bond motifs is 3. The number of amides is 1. The molecule has 2 aromatic rings. The summed E-state index contributed by atoms with van der Waals surface area (Å²) in [6.45, 7) is 4.38. The molecule has 172 valence electrons. The molecule has 1 N–H and O–H groups in total. The molecule has 0 radical (unpaired) electrons. The van der Waals surface area contributed by atoms with Gasteiger partial charge in [0.2, 0.25) is 0 Å². The van der Waals surface area contributed by atoms with Crippen LogP contribution in [0.15, 0.2) is 60.2 Å². The average Bonchev–Trinajstić information content (AvgIpc) is 3.57. The molecule has 1 fully saturated rings. The monoisotopic (exact) mass is 445 g/mol. The fourth-order valence-electron chi connectivity index (χ4n) is 5.90. The third-order valence-electron chi connectivity index (χ3n) is 7.31. The van der Waals surface area contributed by atoms with Gasteiger partial charge in [0.05, 0.1) is 0 Å². The summed E-state index contributed by atoms with van der Waals surface area (Å²) in [6, 6.07) is 15.6. The number of nitrogens with zero attached hydrogens (tertiary/aromatic N) is 1. The summed E-state index contributed by atoms with van der Waals surface area (Å²) < 4.78 is 5.89. The topological polar surface area (TPSA) is 66.8 Å². The largest absolute Gasteiger partial charge is 0.480 e. The van der Waals surface area contributed by atoms with Gasteiger partial charge in [0.1, 0.15) is 12.6 Å². The summed E-state index contributed by atoms with van der Waals surface area (Å²) >= 11 is 0. The molecule has 3 atom stereocenters. The van der Waals surface area contributed by atoms with Crippen LogP contribution in [-0.4, -0.2) is 40.8 Å². The minimum atomic E-state index is -0.928. The standard InChI is InChI=1S/C28H31NO4/c1-17-13-18(2)15-19(14-17)26(27(30)31)29(20-11-12-20)28(32)33-16-25-23-9-5-3-7-21(23)22-8-4-6-10-24(22)25/h3-10,13,17,19-20,25-26H,11-12,14-16H2,1-2H3,(H,30,31). The summed E-state index contributed by atoms with van der Waals surface area (Å²) in [4.78, 5) is 27.3. The number of aliphatic carboxylic acids is 1. The zero-order valence-corrected chi connectivity index (χ0v) is 19.2. The smallest absolute Gasteiger partial charge is 0.410 e. The SMILES string of the molecule is CC1=CC(C)CC(C(C(=O)O)N(C(=O)OCC2c3ccccc3-c3ccccc32)C2CC2)C1. The van der Waals surface area contributed by atoms with Crippen molar-refractivity contribution in [2.45, 2.75) is 57.5 Å². The number of allylic oxidation sites excluding steroid dienone is 2. The van der Waals surface area contributed by atoms with E-state index in [1.54, 1.807) is 4.90 Å². The number of rotatable bonds is 6. The van der Waals surface area contributed by atoms with E-state index < -0.39 is 18.1 Å². The van der Waals surface area contributed by atoms with Gasteiger partial charge in [-0.25, -0.2) is 9.59 Å². The molecule has 5 heteroatoms. The molecule has 5 nitrogen and oxygen atoms in total. The highest BCUT2D eigenvalue weighted by Gasteiger charge is 2.46. The van der Waals surface area contributed by atoms with E-state index in [2.05, 4.69) is 44.2 Å². The molecular weight excluding hydrogens is 414 g/mol. The van der Waals surface area contributed by atoms with Crippen LogP contribution >= 0.6 is 0 Å². The quantitative estimate of drug-likeness (QED) is 0.567. The fraction of sp³-hybridized carbons (Fsp3) is 0.429. The van der Waals surface area contributed by atoms with E-state index in [1.807, 2.05) is 24.3 Å². The molecule has 2 aromatic carbocycles. The molecule has 0 saturated heterocycles. The van der Waals surface area contributed by atoms with Crippen molar-refractivity contribution in [1.29, 1.82) is 0 Å². The maximum absolute atomic E-state index is 13.4. The van der Waals surface area contributed by atoms with Crippen LogP contribution < -0.4 is 0 Å². The Kier molecular flexibility index (Phi) is 5.73. The Hall–Kier alpha value is -3.08. The number of carboxylic acids is 1. The summed E-state index contributed by atoms with van der Waals surface area (Å²) in [7, 11) is 0. The predicted octanol–water partition coefficient (Wildman–Crippen LogP) is 5.85. The van der Waals surface area contributed by atoms with Crippen LogP contribution in [0.25, 0.3) is 11.1 Å². The molecule has 3 unspecified atom stereocenters. The second-order valence-electron chi connectivity index (χ2n) is 9.92. The molecule has 0 heterocycles. The minimum absolute atomic E-state index is 0.0365. The number of carbonyl (C=O) groups excluding carboxylic acids is 1. The van der Waals surface area contributed by atoms with Gasteiger partial charge in [-0.2, -0.15) is 0 Å². The Morgan fingerprint density at radius 1 is 1.06 bits per heavy atom. The number of hydrogen-bond acceptors (Lipinski definition) is 3. The van der Waals surface area contributed by atoms with Crippen molar-refractivity contribution in [2.24, 2.45) is 11.8 Å². The summed E-state index contributed by atoms with van der Waals surface area (Å²) in [5.74, 6) is -0.745. The number of hydrogen-bond donors (Lipinski definition) is 1. The summed E-state index contributed by atoms with van der Waals surface area (Å²) in [6.07, 6.45) is 4.88. The Labute approximate surface area is 195 Å². The minimum Gasteiger partial charge on any atom is -0.480 e. The molecule has 33 heavy (non-hydrogen) atoms. The van der Waals surface area contributed by atoms with Gasteiger partial charge in [0.25, 0.3) is 0 Å². The normalized spacial score (nSPS) is 22.7. The van der Waals surface area contributed by atoms with Crippen molar-refractivity contribution >= 4 is 12.1 Å². The van der Waals surface area contributed by atoms with Gasteiger partial charge in [0, 0.05) is 12.0 Å². The predicted molar refractivity (Wildman–Crippen MR) is 127 cm³/mol. The number of ether oxygens (including phenoxy) is 1. The molecule has 0 bridgehead atoms. The van der Waals surface area contributed by atoms with Crippen LogP contribution in [0.5, 0.6) is 0 Å². The lowest BCUT2D eigenvalue weighted by Gasteiger charge is -2.37. The maximum Gasteiger partial charge on any atom is 0.410 e. The Morgan fingerprint density at radius 3 is 2.21 bits per heavy atom. The second-order valence-corrected chi connectivity index (χ2v) is 9.92. The van der Waals surface area contributed by atoms with E-state index in [0.717, 1.165) is 30.4 Å². The third kappa shape index (κ3) is 4.17. The Bertz CT molecular complexity index is 1060. The molecule has 0 aromatic heterocycles. The Balaban J connectivity index is 1.37. The van der Waals surface area contributed by atoms with Gasteiger partial charge >= 0.3 is 12.1 Å². The van der Waals surface area contributed by atoms with Crippen molar-refractivity contribution in [3.8, 4) is 11.1 Å². The van der Waals surface area contributed by atoms with Gasteiger partial charge in [0.15, 0.2) is 0 Å². The first-order valence-corrected chi connectivity index (χ1v) is 12.0. The highest BCUT2D eigenvalue weighted by atomic mass is 16.6. The molecule has 1 saturated carbocycles. The van der Waals surface area contributed by atoms with Gasteiger partial charge < -0.3 is 9.84 Å². The fourth-order valence-corrected chi connectivity index (χ4v) is 5.90. The van der Waals surface area contributed by atoms with E-state index in [4.69, 9.17) is 4.74 Å². The number of carboxylic acid groups (broad SMARTS) is 1. The van der Waals surface area contributed by atoms with E-state index in [-0.39, 0.29) is 24.5 Å². The Morgan fingerprint density at radius 2 is 1.67 bits per heavy atom. The second kappa shape index (κ2) is 8.69. The zero-order valence-electron chi connectivity index (χ0n) is 19.2. The molecular formula is C28H31NO4. The highest BCUT2D eigenvalue weighted by molar-refractivity contribution is 5.82. The lowest BCUT2D eigenvalue weighted by Crippen LogP contribution is -2.51. The van der Waals surface area contributed by atoms with Crippen LogP contribution in [0.3, 0.4) is 0 Å².